The fourth-order valence-electron chi connectivity index (χ4n) is 1.03. The van der Waals surface area contributed by atoms with E-state index in [0.717, 1.165) is 15.9 Å². The molecule has 1 atom stereocenters. The lowest BCUT2D eigenvalue weighted by atomic mass is 10.2. The Balaban J connectivity index is 2.85. The van der Waals surface area contributed by atoms with Crippen LogP contribution in [0.5, 0.6) is 5.75 Å². The molecule has 0 saturated carbocycles. The third kappa shape index (κ3) is 2.64. The maximum Gasteiger partial charge on any atom is 0.135 e. The Kier molecular flexibility index (Phi) is 3.78. The molecule has 0 aromatic heterocycles. The Bertz CT molecular complexity index is 360. The van der Waals surface area contributed by atoms with Gasteiger partial charge >= 0.3 is 0 Å². The Hall–Kier alpha value is -1.21. The average Bonchev–Trinajstić information content (AvgIpc) is 2.20. The summed E-state index contributed by atoms with van der Waals surface area (Å²) in [6, 6.07) is 7.51. The van der Waals surface area contributed by atoms with Crippen molar-refractivity contribution in [3.8, 4) is 11.8 Å². The minimum atomic E-state index is -0.208. The van der Waals surface area contributed by atoms with E-state index in [-0.39, 0.29) is 6.04 Å². The summed E-state index contributed by atoms with van der Waals surface area (Å²) in [6.07, 6.45) is 0. The van der Waals surface area contributed by atoms with Crippen LogP contribution in [-0.2, 0) is 0 Å². The lowest BCUT2D eigenvalue weighted by Gasteiger charge is -2.10. The zero-order valence-corrected chi connectivity index (χ0v) is 9.63. The largest absolute Gasteiger partial charge is 0.495 e. The second kappa shape index (κ2) is 4.87. The van der Waals surface area contributed by atoms with Crippen molar-refractivity contribution < 1.29 is 4.74 Å². The maximum absolute atomic E-state index is 8.62. The zero-order chi connectivity index (χ0) is 10.6. The minimum Gasteiger partial charge on any atom is -0.495 e. The molecule has 0 aliphatic heterocycles. The molecule has 3 nitrogen and oxygen atoms in total. The van der Waals surface area contributed by atoms with Crippen molar-refractivity contribution in [3.05, 3.63) is 22.7 Å². The van der Waals surface area contributed by atoms with Crippen molar-refractivity contribution in [3.63, 3.8) is 0 Å². The average molecular weight is 255 g/mol. The molecule has 1 rings (SSSR count). The van der Waals surface area contributed by atoms with Gasteiger partial charge < -0.3 is 10.1 Å². The highest BCUT2D eigenvalue weighted by Gasteiger charge is 2.03. The number of halogens is 1. The van der Waals surface area contributed by atoms with E-state index in [2.05, 4.69) is 27.3 Å². The monoisotopic (exact) mass is 254 g/mol. The summed E-state index contributed by atoms with van der Waals surface area (Å²) < 4.78 is 6.03. The quantitative estimate of drug-likeness (QED) is 0.903. The van der Waals surface area contributed by atoms with Crippen molar-refractivity contribution in [2.24, 2.45) is 0 Å². The van der Waals surface area contributed by atoms with Crippen LogP contribution in [0.2, 0.25) is 0 Å². The Morgan fingerprint density at radius 1 is 1.57 bits per heavy atom. The maximum atomic E-state index is 8.62. The van der Waals surface area contributed by atoms with Crippen molar-refractivity contribution in [2.45, 2.75) is 13.0 Å². The van der Waals surface area contributed by atoms with Gasteiger partial charge in [0.1, 0.15) is 11.8 Å². The van der Waals surface area contributed by atoms with Crippen LogP contribution in [0.1, 0.15) is 6.92 Å². The number of hydrogen-bond donors (Lipinski definition) is 1. The predicted octanol–water partition coefficient (Wildman–Crippen LogP) is 2.78. The lowest BCUT2D eigenvalue weighted by molar-refractivity contribution is 0.412. The summed E-state index contributed by atoms with van der Waals surface area (Å²) in [6.45, 7) is 1.80. The number of benzene rings is 1. The second-order valence-electron chi connectivity index (χ2n) is 2.84. The summed E-state index contributed by atoms with van der Waals surface area (Å²) in [5, 5.41) is 11.7. The minimum absolute atomic E-state index is 0.208. The summed E-state index contributed by atoms with van der Waals surface area (Å²) >= 11 is 3.36. The summed E-state index contributed by atoms with van der Waals surface area (Å²) in [5.74, 6) is 0.750. The molecule has 0 fully saturated rings. The van der Waals surface area contributed by atoms with E-state index in [9.17, 15) is 0 Å². The number of hydrogen-bond acceptors (Lipinski definition) is 3. The highest BCUT2D eigenvalue weighted by Crippen LogP contribution is 2.27. The molecule has 1 N–H and O–H groups in total. The van der Waals surface area contributed by atoms with Crippen LogP contribution in [-0.4, -0.2) is 13.2 Å². The molecule has 4 heteroatoms. The predicted molar refractivity (Wildman–Crippen MR) is 59.4 cm³/mol. The molecule has 0 heterocycles. The fourth-order valence-corrected chi connectivity index (χ4v) is 1.44. The first-order chi connectivity index (χ1) is 6.67. The van der Waals surface area contributed by atoms with E-state index in [0.29, 0.717) is 0 Å². The number of rotatable bonds is 3. The molecule has 0 spiro atoms. The van der Waals surface area contributed by atoms with Crippen LogP contribution in [0, 0.1) is 11.3 Å². The number of methoxy groups -OCH3 is 1. The molecule has 74 valence electrons. The van der Waals surface area contributed by atoms with E-state index in [1.807, 2.05) is 18.2 Å². The number of anilines is 1. The first kappa shape index (κ1) is 10.9. The number of ether oxygens (including phenoxy) is 1. The van der Waals surface area contributed by atoms with Gasteiger partial charge in [0.05, 0.1) is 17.7 Å². The SMILES string of the molecule is COc1cc(NC(C)C#N)ccc1Br. The van der Waals surface area contributed by atoms with Gasteiger partial charge in [-0.05, 0) is 35.0 Å². The number of nitrogens with zero attached hydrogens (tertiary/aromatic N) is 1. The highest BCUT2D eigenvalue weighted by atomic mass is 79.9. The van der Waals surface area contributed by atoms with Crippen LogP contribution in [0.25, 0.3) is 0 Å². The van der Waals surface area contributed by atoms with Gasteiger partial charge in [-0.1, -0.05) is 0 Å². The van der Waals surface area contributed by atoms with Crippen LogP contribution < -0.4 is 10.1 Å². The number of nitriles is 1. The molecule has 0 aliphatic carbocycles. The van der Waals surface area contributed by atoms with Crippen molar-refractivity contribution >= 4 is 21.6 Å². The first-order valence-corrected chi connectivity index (χ1v) is 4.96. The van der Waals surface area contributed by atoms with E-state index < -0.39 is 0 Å². The van der Waals surface area contributed by atoms with Crippen LogP contribution >= 0.6 is 15.9 Å². The zero-order valence-electron chi connectivity index (χ0n) is 8.04. The summed E-state index contributed by atoms with van der Waals surface area (Å²) in [5.41, 5.74) is 0.874. The van der Waals surface area contributed by atoms with Crippen LogP contribution in [0.15, 0.2) is 22.7 Å². The Morgan fingerprint density at radius 3 is 2.86 bits per heavy atom. The van der Waals surface area contributed by atoms with Gasteiger partial charge in [-0.3, -0.25) is 0 Å². The van der Waals surface area contributed by atoms with E-state index in [1.165, 1.54) is 0 Å². The van der Waals surface area contributed by atoms with Gasteiger partial charge in [-0.2, -0.15) is 5.26 Å². The van der Waals surface area contributed by atoms with E-state index in [4.69, 9.17) is 10.00 Å². The molecule has 0 aliphatic rings. The molecule has 14 heavy (non-hydrogen) atoms. The van der Waals surface area contributed by atoms with Crippen molar-refractivity contribution in [1.82, 2.24) is 0 Å². The molecule has 1 aromatic rings. The molecule has 1 unspecified atom stereocenters. The van der Waals surface area contributed by atoms with Gasteiger partial charge in [0.15, 0.2) is 0 Å². The molecule has 1 aromatic carbocycles. The topological polar surface area (TPSA) is 45.0 Å². The van der Waals surface area contributed by atoms with Crippen LogP contribution in [0.3, 0.4) is 0 Å². The smallest absolute Gasteiger partial charge is 0.135 e. The fraction of sp³-hybridized carbons (Fsp3) is 0.300. The normalized spacial score (nSPS) is 11.6. The molecule has 0 bridgehead atoms. The van der Waals surface area contributed by atoms with Gasteiger partial charge in [-0.15, -0.1) is 0 Å². The molecular formula is C10H11BrN2O. The first-order valence-electron chi connectivity index (χ1n) is 4.17. The van der Waals surface area contributed by atoms with Gasteiger partial charge in [0, 0.05) is 11.8 Å². The van der Waals surface area contributed by atoms with Crippen molar-refractivity contribution in [2.75, 3.05) is 12.4 Å². The standard InChI is InChI=1S/C10H11BrN2O/c1-7(6-12)13-8-3-4-9(11)10(5-8)14-2/h3-5,7,13H,1-2H3. The molecular weight excluding hydrogens is 244 g/mol. The Morgan fingerprint density at radius 2 is 2.29 bits per heavy atom. The lowest BCUT2D eigenvalue weighted by Crippen LogP contribution is -2.11. The molecule has 0 radical (unpaired) electrons. The van der Waals surface area contributed by atoms with Crippen molar-refractivity contribution in [1.29, 1.82) is 5.26 Å². The molecule has 0 amide bonds. The molecule has 0 saturated heterocycles. The van der Waals surface area contributed by atoms with Crippen LogP contribution in [0.4, 0.5) is 5.69 Å². The highest BCUT2D eigenvalue weighted by molar-refractivity contribution is 9.10. The van der Waals surface area contributed by atoms with Gasteiger partial charge in [0.25, 0.3) is 0 Å². The number of nitrogens with one attached hydrogen (secondary N) is 1. The van der Waals surface area contributed by atoms with Gasteiger partial charge in [0.2, 0.25) is 0 Å². The van der Waals surface area contributed by atoms with E-state index in [1.54, 1.807) is 14.0 Å². The van der Waals surface area contributed by atoms with E-state index >= 15 is 0 Å². The summed E-state index contributed by atoms with van der Waals surface area (Å²) in [4.78, 5) is 0. The van der Waals surface area contributed by atoms with Gasteiger partial charge in [-0.25, -0.2) is 0 Å². The third-order valence-corrected chi connectivity index (χ3v) is 2.38. The Labute approximate surface area is 91.8 Å². The third-order valence-electron chi connectivity index (χ3n) is 1.73. The second-order valence-corrected chi connectivity index (χ2v) is 3.70. The summed E-state index contributed by atoms with van der Waals surface area (Å²) in [7, 11) is 1.61.